The van der Waals surface area contributed by atoms with Gasteiger partial charge in [0.15, 0.2) is 0 Å². The smallest absolute Gasteiger partial charge is 0.341 e. The second-order valence-corrected chi connectivity index (χ2v) is 7.03. The number of halogens is 2. The molecule has 0 fully saturated rings. The molecule has 24 heavy (non-hydrogen) atoms. The van der Waals surface area contributed by atoms with Crippen LogP contribution in [-0.2, 0) is 14.3 Å². The number of aliphatic hydroxyl groups is 1. The SMILES string of the molecule is CC(C)(C)OC(=O)C[C@H](N)[C@H](O)COC(=O)c1c(Cl)cccc1Cl. The summed E-state index contributed by atoms with van der Waals surface area (Å²) in [4.78, 5) is 23.7. The monoisotopic (exact) mass is 377 g/mol. The number of esters is 2. The molecule has 0 heterocycles. The van der Waals surface area contributed by atoms with Gasteiger partial charge in [-0.15, -0.1) is 0 Å². The van der Waals surface area contributed by atoms with Gasteiger partial charge in [-0.3, -0.25) is 4.79 Å². The maximum Gasteiger partial charge on any atom is 0.341 e. The zero-order chi connectivity index (χ0) is 18.5. The van der Waals surface area contributed by atoms with Crippen LogP contribution in [0.25, 0.3) is 0 Å². The van der Waals surface area contributed by atoms with Gasteiger partial charge in [0.1, 0.15) is 18.3 Å². The highest BCUT2D eigenvalue weighted by molar-refractivity contribution is 6.39. The van der Waals surface area contributed by atoms with E-state index in [1.165, 1.54) is 12.1 Å². The Morgan fingerprint density at radius 3 is 2.29 bits per heavy atom. The Morgan fingerprint density at radius 1 is 1.25 bits per heavy atom. The second kappa shape index (κ2) is 8.67. The molecular weight excluding hydrogens is 357 g/mol. The molecular formula is C16H21Cl2NO5. The number of aliphatic hydroxyl groups excluding tert-OH is 1. The summed E-state index contributed by atoms with van der Waals surface area (Å²) >= 11 is 11.8. The van der Waals surface area contributed by atoms with E-state index in [9.17, 15) is 14.7 Å². The summed E-state index contributed by atoms with van der Waals surface area (Å²) in [5.74, 6) is -1.33. The van der Waals surface area contributed by atoms with Gasteiger partial charge >= 0.3 is 11.9 Å². The number of nitrogens with two attached hydrogens (primary N) is 1. The lowest BCUT2D eigenvalue weighted by molar-refractivity contribution is -0.156. The Hall–Kier alpha value is -1.34. The molecule has 0 bridgehead atoms. The third-order valence-corrected chi connectivity index (χ3v) is 3.50. The molecule has 0 unspecified atom stereocenters. The molecule has 6 nitrogen and oxygen atoms in total. The first-order valence-corrected chi connectivity index (χ1v) is 8.03. The first-order valence-electron chi connectivity index (χ1n) is 7.28. The summed E-state index contributed by atoms with van der Waals surface area (Å²) in [6.45, 7) is 4.77. The van der Waals surface area contributed by atoms with Crippen LogP contribution in [0.5, 0.6) is 0 Å². The molecule has 1 aromatic rings. The zero-order valence-corrected chi connectivity index (χ0v) is 15.2. The molecule has 0 amide bonds. The molecule has 8 heteroatoms. The van der Waals surface area contributed by atoms with Crippen molar-refractivity contribution in [3.05, 3.63) is 33.8 Å². The summed E-state index contributed by atoms with van der Waals surface area (Å²) in [6.07, 6.45) is -1.44. The third kappa shape index (κ3) is 6.65. The van der Waals surface area contributed by atoms with E-state index in [1.807, 2.05) is 0 Å². The standard InChI is InChI=1S/C16H21Cl2NO5/c1-16(2,3)24-13(21)7-11(19)12(20)8-23-15(22)14-9(17)5-4-6-10(14)18/h4-6,11-12,20H,7-8,19H2,1-3H3/t11-,12+/m0/s1. The second-order valence-electron chi connectivity index (χ2n) is 6.22. The van der Waals surface area contributed by atoms with Crippen molar-refractivity contribution in [2.24, 2.45) is 5.73 Å². The molecule has 0 radical (unpaired) electrons. The molecule has 1 rings (SSSR count). The van der Waals surface area contributed by atoms with Crippen LogP contribution in [-0.4, -0.2) is 41.4 Å². The van der Waals surface area contributed by atoms with Gasteiger partial charge < -0.3 is 20.3 Å². The Balaban J connectivity index is 2.54. The zero-order valence-electron chi connectivity index (χ0n) is 13.7. The summed E-state index contributed by atoms with van der Waals surface area (Å²) in [5.41, 5.74) is 5.09. The number of carbonyl (C=O) groups is 2. The van der Waals surface area contributed by atoms with Crippen LogP contribution in [0.4, 0.5) is 0 Å². The van der Waals surface area contributed by atoms with E-state index in [0.717, 1.165) is 0 Å². The van der Waals surface area contributed by atoms with Crippen LogP contribution in [0.1, 0.15) is 37.6 Å². The van der Waals surface area contributed by atoms with Gasteiger partial charge in [-0.1, -0.05) is 29.3 Å². The fraction of sp³-hybridized carbons (Fsp3) is 0.500. The Bertz CT molecular complexity index is 580. The van der Waals surface area contributed by atoms with Crippen molar-refractivity contribution in [1.29, 1.82) is 0 Å². The molecule has 0 aromatic heterocycles. The van der Waals surface area contributed by atoms with E-state index in [0.29, 0.717) is 0 Å². The van der Waals surface area contributed by atoms with E-state index in [4.69, 9.17) is 38.4 Å². The van der Waals surface area contributed by atoms with Crippen LogP contribution >= 0.6 is 23.2 Å². The normalized spacial score (nSPS) is 14.0. The van der Waals surface area contributed by atoms with Gasteiger partial charge in [-0.2, -0.15) is 0 Å². The molecule has 0 saturated carbocycles. The average molecular weight is 378 g/mol. The van der Waals surface area contributed by atoms with Gasteiger partial charge in [0.2, 0.25) is 0 Å². The molecule has 0 aliphatic carbocycles. The van der Waals surface area contributed by atoms with Crippen molar-refractivity contribution >= 4 is 35.1 Å². The third-order valence-electron chi connectivity index (χ3n) is 2.87. The van der Waals surface area contributed by atoms with Crippen LogP contribution in [0.3, 0.4) is 0 Å². The predicted octanol–water partition coefficient (Wildman–Crippen LogP) is 2.57. The summed E-state index contributed by atoms with van der Waals surface area (Å²) in [6, 6.07) is 3.64. The highest BCUT2D eigenvalue weighted by atomic mass is 35.5. The van der Waals surface area contributed by atoms with E-state index >= 15 is 0 Å². The molecule has 0 aliphatic rings. The summed E-state index contributed by atoms with van der Waals surface area (Å²) in [5, 5.41) is 10.2. The van der Waals surface area contributed by atoms with Gasteiger partial charge in [0, 0.05) is 6.04 Å². The average Bonchev–Trinajstić information content (AvgIpc) is 2.42. The molecule has 0 spiro atoms. The van der Waals surface area contributed by atoms with E-state index in [-0.39, 0.29) is 22.0 Å². The van der Waals surface area contributed by atoms with Gasteiger partial charge in [-0.05, 0) is 32.9 Å². The minimum absolute atomic E-state index is 0.00810. The molecule has 0 aliphatic heterocycles. The maximum absolute atomic E-state index is 12.0. The van der Waals surface area contributed by atoms with Gasteiger partial charge in [0.05, 0.1) is 22.0 Å². The Labute approximate surface area is 150 Å². The lowest BCUT2D eigenvalue weighted by Gasteiger charge is -2.22. The molecule has 3 N–H and O–H groups in total. The number of carbonyl (C=O) groups excluding carboxylic acids is 2. The minimum Gasteiger partial charge on any atom is -0.460 e. The first-order chi connectivity index (χ1) is 11.0. The maximum atomic E-state index is 12.0. The van der Waals surface area contributed by atoms with Crippen LogP contribution in [0.2, 0.25) is 10.0 Å². The molecule has 0 saturated heterocycles. The molecule has 1 aromatic carbocycles. The van der Waals surface area contributed by atoms with Crippen molar-refractivity contribution in [1.82, 2.24) is 0 Å². The molecule has 2 atom stereocenters. The Morgan fingerprint density at radius 2 is 1.79 bits per heavy atom. The van der Waals surface area contributed by atoms with Gasteiger partial charge in [0.25, 0.3) is 0 Å². The van der Waals surface area contributed by atoms with Crippen LogP contribution in [0.15, 0.2) is 18.2 Å². The number of ether oxygens (including phenoxy) is 2. The lowest BCUT2D eigenvalue weighted by atomic mass is 10.1. The first kappa shape index (κ1) is 20.7. The van der Waals surface area contributed by atoms with Crippen molar-refractivity contribution in [3.8, 4) is 0 Å². The molecule has 134 valence electrons. The predicted molar refractivity (Wildman–Crippen MR) is 91.2 cm³/mol. The van der Waals surface area contributed by atoms with E-state index in [1.54, 1.807) is 26.8 Å². The van der Waals surface area contributed by atoms with Crippen LogP contribution < -0.4 is 5.73 Å². The van der Waals surface area contributed by atoms with Crippen LogP contribution in [0, 0.1) is 0 Å². The topological polar surface area (TPSA) is 98.8 Å². The highest BCUT2D eigenvalue weighted by Crippen LogP contribution is 2.25. The quantitative estimate of drug-likeness (QED) is 0.739. The fourth-order valence-electron chi connectivity index (χ4n) is 1.76. The van der Waals surface area contributed by atoms with Crippen molar-refractivity contribution in [2.75, 3.05) is 6.61 Å². The fourth-order valence-corrected chi connectivity index (χ4v) is 2.31. The van der Waals surface area contributed by atoms with Crippen molar-refractivity contribution in [2.45, 2.75) is 44.9 Å². The minimum atomic E-state index is -1.23. The lowest BCUT2D eigenvalue weighted by Crippen LogP contribution is -2.41. The Kier molecular flexibility index (Phi) is 7.48. The summed E-state index contributed by atoms with van der Waals surface area (Å²) < 4.78 is 10.1. The summed E-state index contributed by atoms with van der Waals surface area (Å²) in [7, 11) is 0. The van der Waals surface area contributed by atoms with Crippen molar-refractivity contribution in [3.63, 3.8) is 0 Å². The number of rotatable bonds is 6. The van der Waals surface area contributed by atoms with E-state index < -0.39 is 36.3 Å². The number of benzene rings is 1. The number of hydrogen-bond acceptors (Lipinski definition) is 6. The largest absolute Gasteiger partial charge is 0.460 e. The number of hydrogen-bond donors (Lipinski definition) is 2. The van der Waals surface area contributed by atoms with E-state index in [2.05, 4.69) is 0 Å². The van der Waals surface area contributed by atoms with Crippen molar-refractivity contribution < 1.29 is 24.2 Å². The van der Waals surface area contributed by atoms with Gasteiger partial charge in [-0.25, -0.2) is 4.79 Å². The highest BCUT2D eigenvalue weighted by Gasteiger charge is 2.25.